The Hall–Kier alpha value is -2.67. The molecular weight excluding hydrogens is 298 g/mol. The summed E-state index contributed by atoms with van der Waals surface area (Å²) >= 11 is 0. The Morgan fingerprint density at radius 3 is 2.78 bits per heavy atom. The average molecular weight is 315 g/mol. The monoisotopic (exact) mass is 315 g/mol. The van der Waals surface area contributed by atoms with Gasteiger partial charge in [0.25, 0.3) is 17.7 Å². The molecule has 1 aliphatic heterocycles. The fraction of sp³-hybridized carbons (Fsp3) is 0.312. The van der Waals surface area contributed by atoms with E-state index in [1.165, 1.54) is 6.08 Å². The lowest BCUT2D eigenvalue weighted by molar-refractivity contribution is -0.137. The molecule has 1 fully saturated rings. The third-order valence-electron chi connectivity index (χ3n) is 3.65. The lowest BCUT2D eigenvalue weighted by Gasteiger charge is -2.13. The molecule has 120 valence electrons. The quantitative estimate of drug-likeness (QED) is 0.653. The van der Waals surface area contributed by atoms with E-state index in [2.05, 4.69) is 10.6 Å². The van der Waals surface area contributed by atoms with Gasteiger partial charge in [-0.25, -0.2) is 0 Å². The molecule has 3 amide bonds. The maximum atomic E-state index is 12.1. The SMILES string of the molecule is O=C(NC1CC1)c1cccc(NC2=CC(=O)N(CCO)C2=O)c1. The van der Waals surface area contributed by atoms with Crippen LogP contribution in [-0.4, -0.2) is 46.9 Å². The van der Waals surface area contributed by atoms with E-state index in [9.17, 15) is 14.4 Å². The van der Waals surface area contributed by atoms with Gasteiger partial charge in [0, 0.05) is 23.4 Å². The third-order valence-corrected chi connectivity index (χ3v) is 3.65. The smallest absolute Gasteiger partial charge is 0.277 e. The van der Waals surface area contributed by atoms with E-state index in [1.54, 1.807) is 24.3 Å². The van der Waals surface area contributed by atoms with Gasteiger partial charge in [0.15, 0.2) is 0 Å². The zero-order valence-corrected chi connectivity index (χ0v) is 12.4. The number of rotatable bonds is 6. The zero-order valence-electron chi connectivity index (χ0n) is 12.4. The molecule has 0 bridgehead atoms. The molecule has 7 nitrogen and oxygen atoms in total. The first-order valence-corrected chi connectivity index (χ1v) is 7.45. The minimum absolute atomic E-state index is 0.0385. The summed E-state index contributed by atoms with van der Waals surface area (Å²) in [6.07, 6.45) is 3.21. The molecule has 23 heavy (non-hydrogen) atoms. The van der Waals surface area contributed by atoms with Crippen LogP contribution >= 0.6 is 0 Å². The van der Waals surface area contributed by atoms with E-state index < -0.39 is 11.8 Å². The summed E-state index contributed by atoms with van der Waals surface area (Å²) in [5, 5.41) is 14.6. The van der Waals surface area contributed by atoms with Gasteiger partial charge < -0.3 is 15.7 Å². The number of imide groups is 1. The lowest BCUT2D eigenvalue weighted by atomic mass is 10.2. The number of aliphatic hydroxyl groups is 1. The van der Waals surface area contributed by atoms with Crippen LogP contribution in [0.2, 0.25) is 0 Å². The summed E-state index contributed by atoms with van der Waals surface area (Å²) in [6.45, 7) is -0.321. The van der Waals surface area contributed by atoms with Crippen LogP contribution in [0.4, 0.5) is 5.69 Å². The van der Waals surface area contributed by atoms with Crippen molar-refractivity contribution >= 4 is 23.4 Å². The molecule has 3 N–H and O–H groups in total. The van der Waals surface area contributed by atoms with Crippen molar-refractivity contribution in [3.05, 3.63) is 41.6 Å². The van der Waals surface area contributed by atoms with Gasteiger partial charge in [-0.3, -0.25) is 19.3 Å². The second-order valence-electron chi connectivity index (χ2n) is 5.53. The van der Waals surface area contributed by atoms with Gasteiger partial charge in [-0.15, -0.1) is 0 Å². The van der Waals surface area contributed by atoms with Gasteiger partial charge >= 0.3 is 0 Å². The van der Waals surface area contributed by atoms with E-state index in [1.807, 2.05) is 0 Å². The molecule has 1 aromatic rings. The van der Waals surface area contributed by atoms with Crippen LogP contribution in [0.3, 0.4) is 0 Å². The van der Waals surface area contributed by atoms with E-state index >= 15 is 0 Å². The van der Waals surface area contributed by atoms with Crippen LogP contribution in [0.15, 0.2) is 36.0 Å². The van der Waals surface area contributed by atoms with Crippen LogP contribution in [0.1, 0.15) is 23.2 Å². The number of nitrogens with one attached hydrogen (secondary N) is 2. The summed E-state index contributed by atoms with van der Waals surface area (Å²) < 4.78 is 0. The summed E-state index contributed by atoms with van der Waals surface area (Å²) in [5.41, 5.74) is 1.17. The fourth-order valence-corrected chi connectivity index (χ4v) is 2.30. The maximum Gasteiger partial charge on any atom is 0.277 e. The second-order valence-corrected chi connectivity index (χ2v) is 5.53. The Morgan fingerprint density at radius 1 is 1.30 bits per heavy atom. The maximum absolute atomic E-state index is 12.1. The Morgan fingerprint density at radius 2 is 2.09 bits per heavy atom. The lowest BCUT2D eigenvalue weighted by Crippen LogP contribution is -2.34. The predicted molar refractivity (Wildman–Crippen MR) is 82.4 cm³/mol. The van der Waals surface area contributed by atoms with Crippen molar-refractivity contribution in [1.29, 1.82) is 0 Å². The predicted octanol–water partition coefficient (Wildman–Crippen LogP) is 0.236. The number of aliphatic hydroxyl groups excluding tert-OH is 1. The number of hydrogen-bond acceptors (Lipinski definition) is 5. The highest BCUT2D eigenvalue weighted by molar-refractivity contribution is 6.17. The summed E-state index contributed by atoms with van der Waals surface area (Å²) in [6, 6.07) is 7.00. The van der Waals surface area contributed by atoms with Crippen molar-refractivity contribution in [3.63, 3.8) is 0 Å². The molecule has 0 atom stereocenters. The molecule has 1 heterocycles. The number of carbonyl (C=O) groups is 3. The van der Waals surface area contributed by atoms with E-state index in [4.69, 9.17) is 5.11 Å². The second kappa shape index (κ2) is 6.21. The number of β-amino-alcohol motifs (C(OH)–C–C–N with tert-alkyl or cyclic N) is 1. The molecule has 0 saturated heterocycles. The number of anilines is 1. The van der Waals surface area contributed by atoms with Crippen LogP contribution in [0.25, 0.3) is 0 Å². The average Bonchev–Trinajstić information content (AvgIpc) is 3.31. The summed E-state index contributed by atoms with van der Waals surface area (Å²) in [7, 11) is 0. The highest BCUT2D eigenvalue weighted by Gasteiger charge is 2.30. The number of amides is 3. The van der Waals surface area contributed by atoms with Crippen molar-refractivity contribution in [2.45, 2.75) is 18.9 Å². The molecule has 1 aromatic carbocycles. The molecule has 7 heteroatoms. The summed E-state index contributed by atoms with van der Waals surface area (Å²) in [5.74, 6) is -1.10. The third kappa shape index (κ3) is 3.40. The van der Waals surface area contributed by atoms with Crippen LogP contribution in [0, 0.1) is 0 Å². The van der Waals surface area contributed by atoms with Gasteiger partial charge in [0.05, 0.1) is 13.2 Å². The van der Waals surface area contributed by atoms with Gasteiger partial charge in [0.2, 0.25) is 0 Å². The van der Waals surface area contributed by atoms with Crippen molar-refractivity contribution < 1.29 is 19.5 Å². The number of nitrogens with zero attached hydrogens (tertiary/aromatic N) is 1. The number of hydrogen-bond donors (Lipinski definition) is 3. The molecule has 0 spiro atoms. The molecule has 3 rings (SSSR count). The fourth-order valence-electron chi connectivity index (χ4n) is 2.30. The molecule has 0 aromatic heterocycles. The molecule has 0 unspecified atom stereocenters. The van der Waals surface area contributed by atoms with Crippen molar-refractivity contribution in [2.75, 3.05) is 18.5 Å². The number of benzene rings is 1. The Labute approximate surface area is 133 Å². The van der Waals surface area contributed by atoms with Crippen LogP contribution in [0.5, 0.6) is 0 Å². The Kier molecular flexibility index (Phi) is 4.12. The van der Waals surface area contributed by atoms with Crippen LogP contribution < -0.4 is 10.6 Å². The largest absolute Gasteiger partial charge is 0.395 e. The topological polar surface area (TPSA) is 98.7 Å². The van der Waals surface area contributed by atoms with E-state index in [0.717, 1.165) is 17.7 Å². The first-order chi connectivity index (χ1) is 11.1. The standard InChI is InChI=1S/C16H17N3O4/c20-7-6-19-14(21)9-13(16(19)23)17-12-3-1-2-10(8-12)15(22)18-11-4-5-11/h1-3,8-9,11,17,20H,4-7H2,(H,18,22). The first-order valence-electron chi connectivity index (χ1n) is 7.45. The molecule has 1 saturated carbocycles. The van der Waals surface area contributed by atoms with Crippen molar-refractivity contribution in [2.24, 2.45) is 0 Å². The Bertz CT molecular complexity index is 694. The molecule has 0 radical (unpaired) electrons. The summed E-state index contributed by atoms with van der Waals surface area (Å²) in [4.78, 5) is 36.8. The minimum Gasteiger partial charge on any atom is -0.395 e. The van der Waals surface area contributed by atoms with Gasteiger partial charge in [0.1, 0.15) is 5.70 Å². The Balaban J connectivity index is 1.70. The normalized spacial score (nSPS) is 17.3. The van der Waals surface area contributed by atoms with Crippen molar-refractivity contribution in [3.8, 4) is 0 Å². The highest BCUT2D eigenvalue weighted by Crippen LogP contribution is 2.21. The van der Waals surface area contributed by atoms with E-state index in [0.29, 0.717) is 11.3 Å². The minimum atomic E-state index is -0.489. The highest BCUT2D eigenvalue weighted by atomic mass is 16.3. The first kappa shape index (κ1) is 15.2. The van der Waals surface area contributed by atoms with Gasteiger partial charge in [-0.1, -0.05) is 6.07 Å². The molecule has 2 aliphatic rings. The van der Waals surface area contributed by atoms with Gasteiger partial charge in [-0.05, 0) is 31.0 Å². The number of carbonyl (C=O) groups excluding carboxylic acids is 3. The molecule has 1 aliphatic carbocycles. The van der Waals surface area contributed by atoms with E-state index in [-0.39, 0.29) is 30.8 Å². The van der Waals surface area contributed by atoms with Gasteiger partial charge in [-0.2, -0.15) is 0 Å². The van der Waals surface area contributed by atoms with Crippen molar-refractivity contribution in [1.82, 2.24) is 10.2 Å². The molecular formula is C16H17N3O4. The zero-order chi connectivity index (χ0) is 16.4. The van der Waals surface area contributed by atoms with Crippen LogP contribution in [-0.2, 0) is 9.59 Å².